The van der Waals surface area contributed by atoms with Crippen molar-refractivity contribution >= 4 is 23.1 Å². The van der Waals surface area contributed by atoms with E-state index in [2.05, 4.69) is 0 Å². The standard InChI is InChI=1S/C6H14O6.Mg.2H/c7-1-3(9)5(11)6(12)4(10)2-8;;;/h3-12H,1-2H2;;;/q;+2;2*-1/t3-,4+,5-,6-;;;/m1.../s1. The van der Waals surface area contributed by atoms with Gasteiger partial charge in [-0.3, -0.25) is 0 Å². The van der Waals surface area contributed by atoms with Crippen molar-refractivity contribution < 1.29 is 33.5 Å². The molecule has 0 saturated carbocycles. The van der Waals surface area contributed by atoms with Gasteiger partial charge < -0.3 is 33.5 Å². The van der Waals surface area contributed by atoms with Crippen LogP contribution in [0.15, 0.2) is 0 Å². The van der Waals surface area contributed by atoms with E-state index >= 15 is 0 Å². The first-order chi connectivity index (χ1) is 5.54. The van der Waals surface area contributed by atoms with Gasteiger partial charge in [-0.2, -0.15) is 0 Å². The van der Waals surface area contributed by atoms with E-state index in [-0.39, 0.29) is 25.9 Å². The molecule has 0 aliphatic rings. The Balaban J connectivity index is -0.000000202. The van der Waals surface area contributed by atoms with Crippen LogP contribution in [0.2, 0.25) is 0 Å². The van der Waals surface area contributed by atoms with Crippen LogP contribution in [-0.2, 0) is 0 Å². The number of hydrogen-bond acceptors (Lipinski definition) is 6. The van der Waals surface area contributed by atoms with Crippen LogP contribution in [-0.4, -0.2) is 91.3 Å². The Bertz CT molecular complexity index is 118. The minimum absolute atomic E-state index is 0. The van der Waals surface area contributed by atoms with Gasteiger partial charge in [-0.05, 0) is 0 Å². The molecule has 0 aromatic heterocycles. The fourth-order valence-electron chi connectivity index (χ4n) is 0.671. The zero-order valence-corrected chi connectivity index (χ0v) is 8.53. The van der Waals surface area contributed by atoms with Crippen molar-refractivity contribution in [3.8, 4) is 0 Å². The summed E-state index contributed by atoms with van der Waals surface area (Å²) in [5, 5.41) is 52.2. The Hall–Kier alpha value is 0.526. The van der Waals surface area contributed by atoms with E-state index in [0.717, 1.165) is 0 Å². The maximum Gasteiger partial charge on any atom is 2.00 e. The summed E-state index contributed by atoms with van der Waals surface area (Å²) in [5.74, 6) is 0. The van der Waals surface area contributed by atoms with Crippen molar-refractivity contribution in [2.24, 2.45) is 0 Å². The smallest absolute Gasteiger partial charge is 1.00 e. The molecule has 0 aromatic carbocycles. The van der Waals surface area contributed by atoms with Crippen LogP contribution in [0.5, 0.6) is 0 Å². The number of hydrogen-bond donors (Lipinski definition) is 6. The predicted octanol–water partition coefficient (Wildman–Crippen LogP) is -3.74. The SMILES string of the molecule is OC[C@@H](O)[C@@H](O)[C@H](O)[C@@H](O)CO.[H-].[H-].[Mg+2]. The fourth-order valence-corrected chi connectivity index (χ4v) is 0.671. The van der Waals surface area contributed by atoms with Crippen LogP contribution < -0.4 is 0 Å². The van der Waals surface area contributed by atoms with Crippen LogP contribution in [0.4, 0.5) is 0 Å². The Morgan fingerprint density at radius 2 is 1.00 bits per heavy atom. The van der Waals surface area contributed by atoms with Gasteiger partial charge in [-0.15, -0.1) is 0 Å². The molecule has 0 rings (SSSR count). The summed E-state index contributed by atoms with van der Waals surface area (Å²) in [5.41, 5.74) is 0. The summed E-state index contributed by atoms with van der Waals surface area (Å²) in [7, 11) is 0. The molecule has 0 radical (unpaired) electrons. The third-order valence-corrected chi connectivity index (χ3v) is 1.51. The average Bonchev–Trinajstić information content (AvgIpc) is 2.12. The zero-order chi connectivity index (χ0) is 9.72. The quantitative estimate of drug-likeness (QED) is 0.258. The van der Waals surface area contributed by atoms with Crippen LogP contribution >= 0.6 is 0 Å². The van der Waals surface area contributed by atoms with E-state index in [1.54, 1.807) is 0 Å². The van der Waals surface area contributed by atoms with E-state index in [9.17, 15) is 0 Å². The van der Waals surface area contributed by atoms with E-state index in [0.29, 0.717) is 0 Å². The van der Waals surface area contributed by atoms with Gasteiger partial charge in [0.1, 0.15) is 24.4 Å². The summed E-state index contributed by atoms with van der Waals surface area (Å²) in [4.78, 5) is 0. The second-order valence-electron chi connectivity index (χ2n) is 2.48. The molecule has 0 aliphatic heterocycles. The Labute approximate surface area is 94.6 Å². The van der Waals surface area contributed by atoms with Gasteiger partial charge in [0.25, 0.3) is 0 Å². The van der Waals surface area contributed by atoms with Crippen LogP contribution in [0.1, 0.15) is 2.85 Å². The van der Waals surface area contributed by atoms with Gasteiger partial charge in [-0.1, -0.05) is 0 Å². The van der Waals surface area contributed by atoms with Crippen molar-refractivity contribution in [1.29, 1.82) is 0 Å². The molecule has 0 bridgehead atoms. The molecule has 0 aromatic rings. The summed E-state index contributed by atoms with van der Waals surface area (Å²) >= 11 is 0. The van der Waals surface area contributed by atoms with E-state index in [4.69, 9.17) is 30.6 Å². The predicted molar refractivity (Wildman–Crippen MR) is 46.2 cm³/mol. The number of aliphatic hydroxyl groups excluding tert-OH is 6. The van der Waals surface area contributed by atoms with Crippen molar-refractivity contribution in [2.75, 3.05) is 13.2 Å². The molecule has 0 unspecified atom stereocenters. The first-order valence-corrected chi connectivity index (χ1v) is 3.48. The van der Waals surface area contributed by atoms with Crippen molar-refractivity contribution in [2.45, 2.75) is 24.4 Å². The molecule has 0 spiro atoms. The minimum Gasteiger partial charge on any atom is -1.00 e. The molecule has 0 amide bonds. The molecule has 78 valence electrons. The topological polar surface area (TPSA) is 121 Å². The molecule has 7 heteroatoms. The maximum absolute atomic E-state index is 8.96. The Morgan fingerprint density at radius 1 is 0.769 bits per heavy atom. The monoisotopic (exact) mass is 208 g/mol. The molecule has 0 saturated heterocycles. The number of aliphatic hydroxyl groups is 6. The van der Waals surface area contributed by atoms with Gasteiger partial charge in [0, 0.05) is 0 Å². The summed E-state index contributed by atoms with van der Waals surface area (Å²) < 4.78 is 0. The molecule has 4 atom stereocenters. The third kappa shape index (κ3) is 5.08. The fraction of sp³-hybridized carbons (Fsp3) is 1.00. The Kier molecular flexibility index (Phi) is 9.69. The van der Waals surface area contributed by atoms with Gasteiger partial charge in [0.2, 0.25) is 0 Å². The molecular weight excluding hydrogens is 192 g/mol. The van der Waals surface area contributed by atoms with E-state index in [1.807, 2.05) is 0 Å². The average molecular weight is 208 g/mol. The summed E-state index contributed by atoms with van der Waals surface area (Å²) in [6.45, 7) is -1.45. The molecule has 13 heavy (non-hydrogen) atoms. The second kappa shape index (κ2) is 7.89. The molecule has 0 fully saturated rings. The van der Waals surface area contributed by atoms with Gasteiger partial charge in [0.05, 0.1) is 13.2 Å². The maximum atomic E-state index is 8.96. The summed E-state index contributed by atoms with van der Waals surface area (Å²) in [6.07, 6.45) is -6.39. The molecular formula is C6H16MgO6. The summed E-state index contributed by atoms with van der Waals surface area (Å²) in [6, 6.07) is 0. The van der Waals surface area contributed by atoms with Crippen LogP contribution in [0.3, 0.4) is 0 Å². The van der Waals surface area contributed by atoms with Crippen molar-refractivity contribution in [1.82, 2.24) is 0 Å². The van der Waals surface area contributed by atoms with Gasteiger partial charge >= 0.3 is 23.1 Å². The zero-order valence-electron chi connectivity index (χ0n) is 9.11. The molecule has 6 nitrogen and oxygen atoms in total. The normalized spacial score (nSPS) is 19.8. The second-order valence-corrected chi connectivity index (χ2v) is 2.48. The Morgan fingerprint density at radius 3 is 1.15 bits per heavy atom. The molecule has 0 aliphatic carbocycles. The molecule has 0 heterocycles. The van der Waals surface area contributed by atoms with Gasteiger partial charge in [-0.25, -0.2) is 0 Å². The van der Waals surface area contributed by atoms with E-state index < -0.39 is 37.6 Å². The van der Waals surface area contributed by atoms with Crippen LogP contribution in [0, 0.1) is 0 Å². The first-order valence-electron chi connectivity index (χ1n) is 3.48. The van der Waals surface area contributed by atoms with Crippen molar-refractivity contribution in [3.63, 3.8) is 0 Å². The molecule has 6 N–H and O–H groups in total. The van der Waals surface area contributed by atoms with Crippen LogP contribution in [0.25, 0.3) is 0 Å². The first kappa shape index (κ1) is 16.0. The van der Waals surface area contributed by atoms with Gasteiger partial charge in [0.15, 0.2) is 0 Å². The van der Waals surface area contributed by atoms with Crippen molar-refractivity contribution in [3.05, 3.63) is 0 Å². The minimum atomic E-state index is -1.67. The van der Waals surface area contributed by atoms with E-state index in [1.165, 1.54) is 0 Å². The third-order valence-electron chi connectivity index (χ3n) is 1.51. The number of rotatable bonds is 5. The largest absolute Gasteiger partial charge is 2.00 e.